The lowest BCUT2D eigenvalue weighted by molar-refractivity contribution is 0.0496. The molecule has 0 amide bonds. The van der Waals surface area contributed by atoms with Crippen molar-refractivity contribution in [2.45, 2.75) is 32.5 Å². The molecule has 5 nitrogen and oxygen atoms in total. The van der Waals surface area contributed by atoms with Gasteiger partial charge >= 0.3 is 0 Å². The summed E-state index contributed by atoms with van der Waals surface area (Å²) in [7, 11) is 1.63. The van der Waals surface area contributed by atoms with Gasteiger partial charge < -0.3 is 14.9 Å². The summed E-state index contributed by atoms with van der Waals surface area (Å²) in [5.41, 5.74) is 3.67. The minimum absolute atomic E-state index is 0.200. The first kappa shape index (κ1) is 19.7. The van der Waals surface area contributed by atoms with E-state index in [4.69, 9.17) is 4.74 Å². The molecule has 1 fully saturated rings. The van der Waals surface area contributed by atoms with Crippen molar-refractivity contribution < 1.29 is 14.9 Å². The fourth-order valence-electron chi connectivity index (χ4n) is 3.76. The largest absolute Gasteiger partial charge is 0.508 e. The Morgan fingerprint density at radius 1 is 1.07 bits per heavy atom. The molecule has 0 bridgehead atoms. The number of phenols is 1. The Balaban J connectivity index is 1.65. The molecular weight excluding hydrogens is 340 g/mol. The first-order chi connectivity index (χ1) is 13.1. The van der Waals surface area contributed by atoms with Gasteiger partial charge in [0.2, 0.25) is 0 Å². The molecule has 2 N–H and O–H groups in total. The quantitative estimate of drug-likeness (QED) is 0.785. The monoisotopic (exact) mass is 370 g/mol. The third kappa shape index (κ3) is 5.22. The molecule has 1 aliphatic rings. The van der Waals surface area contributed by atoms with Gasteiger partial charge in [-0.2, -0.15) is 0 Å². The van der Waals surface area contributed by atoms with Gasteiger partial charge in [-0.25, -0.2) is 0 Å². The van der Waals surface area contributed by atoms with Crippen LogP contribution in [-0.4, -0.2) is 59.4 Å². The summed E-state index contributed by atoms with van der Waals surface area (Å²) in [4.78, 5) is 4.88. The fraction of sp³-hybridized carbons (Fsp3) is 0.455. The molecule has 1 heterocycles. The highest BCUT2D eigenvalue weighted by molar-refractivity contribution is 5.40. The molecule has 27 heavy (non-hydrogen) atoms. The van der Waals surface area contributed by atoms with Gasteiger partial charge in [0.15, 0.2) is 0 Å². The van der Waals surface area contributed by atoms with Gasteiger partial charge in [-0.05, 0) is 25.0 Å². The molecule has 2 aromatic carbocycles. The summed E-state index contributed by atoms with van der Waals surface area (Å²) in [6, 6.07) is 14.3. The number of piperazine rings is 1. The predicted octanol–water partition coefficient (Wildman–Crippen LogP) is 2.78. The Kier molecular flexibility index (Phi) is 6.72. The number of phenolic OH excluding ortho intramolecular Hbond substituents is 1. The van der Waals surface area contributed by atoms with Crippen molar-refractivity contribution in [3.63, 3.8) is 0 Å². The Morgan fingerprint density at radius 3 is 2.56 bits per heavy atom. The van der Waals surface area contributed by atoms with E-state index < -0.39 is 0 Å². The molecule has 146 valence electrons. The Morgan fingerprint density at radius 2 is 1.85 bits per heavy atom. The van der Waals surface area contributed by atoms with Gasteiger partial charge in [0.1, 0.15) is 11.5 Å². The van der Waals surface area contributed by atoms with Crippen LogP contribution in [0.3, 0.4) is 0 Å². The van der Waals surface area contributed by atoms with Crippen LogP contribution in [0.2, 0.25) is 0 Å². The van der Waals surface area contributed by atoms with E-state index in [0.29, 0.717) is 6.04 Å². The van der Waals surface area contributed by atoms with E-state index in [1.54, 1.807) is 19.2 Å². The Hall–Kier alpha value is -2.08. The SMILES string of the molecule is COc1cc(O)ccc1CN1CCN(Cc2ccc(C)cc2)C(CCO)C1. The van der Waals surface area contributed by atoms with Crippen LogP contribution in [0.4, 0.5) is 0 Å². The highest BCUT2D eigenvalue weighted by Crippen LogP contribution is 2.26. The van der Waals surface area contributed by atoms with Crippen molar-refractivity contribution in [1.29, 1.82) is 0 Å². The second kappa shape index (κ2) is 9.22. The van der Waals surface area contributed by atoms with E-state index in [-0.39, 0.29) is 12.4 Å². The van der Waals surface area contributed by atoms with E-state index in [1.807, 2.05) is 6.07 Å². The van der Waals surface area contributed by atoms with Crippen LogP contribution < -0.4 is 4.74 Å². The maximum absolute atomic E-state index is 9.65. The average molecular weight is 370 g/mol. The standard InChI is InChI=1S/C22H30N2O3/c1-17-3-5-18(6-4-17)14-24-11-10-23(16-20(24)9-12-25)15-19-7-8-21(26)13-22(19)27-2/h3-8,13,20,25-26H,9-12,14-16H2,1-2H3. The van der Waals surface area contributed by atoms with E-state index in [2.05, 4.69) is 41.0 Å². The number of nitrogens with zero attached hydrogens (tertiary/aromatic N) is 2. The van der Waals surface area contributed by atoms with Gasteiger partial charge in [-0.15, -0.1) is 0 Å². The third-order valence-electron chi connectivity index (χ3n) is 5.32. The van der Waals surface area contributed by atoms with Crippen molar-refractivity contribution in [2.24, 2.45) is 0 Å². The average Bonchev–Trinajstić information content (AvgIpc) is 2.67. The predicted molar refractivity (Wildman–Crippen MR) is 107 cm³/mol. The summed E-state index contributed by atoms with van der Waals surface area (Å²) in [6.07, 6.45) is 0.773. The zero-order valence-electron chi connectivity index (χ0n) is 16.3. The Labute approximate surface area is 161 Å². The Bertz CT molecular complexity index is 733. The van der Waals surface area contributed by atoms with Gasteiger partial charge in [-0.3, -0.25) is 9.80 Å². The summed E-state index contributed by atoms with van der Waals surface area (Å²) < 4.78 is 5.41. The zero-order valence-corrected chi connectivity index (χ0v) is 16.3. The number of ether oxygens (including phenoxy) is 1. The van der Waals surface area contributed by atoms with E-state index >= 15 is 0 Å². The number of aliphatic hydroxyl groups is 1. The van der Waals surface area contributed by atoms with Crippen molar-refractivity contribution in [3.05, 3.63) is 59.2 Å². The molecule has 0 radical (unpaired) electrons. The first-order valence-corrected chi connectivity index (χ1v) is 9.57. The van der Waals surface area contributed by atoms with Crippen molar-refractivity contribution in [1.82, 2.24) is 9.80 Å². The number of benzene rings is 2. The topological polar surface area (TPSA) is 56.2 Å². The highest BCUT2D eigenvalue weighted by Gasteiger charge is 2.27. The number of rotatable bonds is 7. The summed E-state index contributed by atoms with van der Waals surface area (Å²) in [6.45, 7) is 6.86. The van der Waals surface area contributed by atoms with Crippen LogP contribution in [0, 0.1) is 6.92 Å². The van der Waals surface area contributed by atoms with Gasteiger partial charge in [0.05, 0.1) is 7.11 Å². The summed E-state index contributed by atoms with van der Waals surface area (Å²) in [5.74, 6) is 0.937. The number of hydrogen-bond donors (Lipinski definition) is 2. The lowest BCUT2D eigenvalue weighted by Crippen LogP contribution is -2.52. The smallest absolute Gasteiger partial charge is 0.127 e. The molecule has 1 atom stereocenters. The van der Waals surface area contributed by atoms with E-state index in [1.165, 1.54) is 11.1 Å². The molecule has 3 rings (SSSR count). The second-order valence-electron chi connectivity index (χ2n) is 7.35. The fourth-order valence-corrected chi connectivity index (χ4v) is 3.76. The maximum Gasteiger partial charge on any atom is 0.127 e. The third-order valence-corrected chi connectivity index (χ3v) is 5.32. The molecule has 1 aliphatic heterocycles. The molecule has 1 unspecified atom stereocenters. The maximum atomic E-state index is 9.65. The van der Waals surface area contributed by atoms with Gasteiger partial charge in [0, 0.05) is 57.0 Å². The minimum atomic E-state index is 0.200. The first-order valence-electron chi connectivity index (χ1n) is 9.57. The molecular formula is C22H30N2O3. The van der Waals surface area contributed by atoms with Crippen molar-refractivity contribution >= 4 is 0 Å². The zero-order chi connectivity index (χ0) is 19.2. The molecule has 0 aromatic heterocycles. The van der Waals surface area contributed by atoms with E-state index in [9.17, 15) is 10.2 Å². The number of hydrogen-bond acceptors (Lipinski definition) is 5. The lowest BCUT2D eigenvalue weighted by atomic mass is 10.1. The van der Waals surface area contributed by atoms with Crippen LogP contribution >= 0.6 is 0 Å². The lowest BCUT2D eigenvalue weighted by Gasteiger charge is -2.41. The molecule has 2 aromatic rings. The number of methoxy groups -OCH3 is 1. The minimum Gasteiger partial charge on any atom is -0.508 e. The van der Waals surface area contributed by atoms with E-state index in [0.717, 1.165) is 50.5 Å². The normalized spacial score (nSPS) is 18.6. The highest BCUT2D eigenvalue weighted by atomic mass is 16.5. The van der Waals surface area contributed by atoms with Crippen molar-refractivity contribution in [2.75, 3.05) is 33.4 Å². The van der Waals surface area contributed by atoms with Gasteiger partial charge in [0.25, 0.3) is 0 Å². The molecule has 5 heteroatoms. The molecule has 0 saturated carbocycles. The second-order valence-corrected chi connectivity index (χ2v) is 7.35. The molecule has 1 saturated heterocycles. The van der Waals surface area contributed by atoms with Crippen LogP contribution in [0.5, 0.6) is 11.5 Å². The van der Waals surface area contributed by atoms with Crippen LogP contribution in [0.25, 0.3) is 0 Å². The van der Waals surface area contributed by atoms with Crippen LogP contribution in [-0.2, 0) is 13.1 Å². The van der Waals surface area contributed by atoms with Crippen LogP contribution in [0.15, 0.2) is 42.5 Å². The van der Waals surface area contributed by atoms with Crippen LogP contribution in [0.1, 0.15) is 23.1 Å². The number of aryl methyl sites for hydroxylation is 1. The summed E-state index contributed by atoms with van der Waals surface area (Å²) >= 11 is 0. The number of aromatic hydroxyl groups is 1. The van der Waals surface area contributed by atoms with Gasteiger partial charge in [-0.1, -0.05) is 35.9 Å². The van der Waals surface area contributed by atoms with Crippen molar-refractivity contribution in [3.8, 4) is 11.5 Å². The molecule has 0 spiro atoms. The molecule has 0 aliphatic carbocycles. The summed E-state index contributed by atoms with van der Waals surface area (Å²) in [5, 5.41) is 19.2. The number of aliphatic hydroxyl groups excluding tert-OH is 1.